The molecule has 2 heterocycles. The summed E-state index contributed by atoms with van der Waals surface area (Å²) in [4.78, 5) is 22.8. The third-order valence-corrected chi connectivity index (χ3v) is 5.37. The van der Waals surface area contributed by atoms with Gasteiger partial charge in [0.05, 0.1) is 11.5 Å². The van der Waals surface area contributed by atoms with E-state index in [4.69, 9.17) is 0 Å². The van der Waals surface area contributed by atoms with Crippen molar-refractivity contribution >= 4 is 33.3 Å². The van der Waals surface area contributed by atoms with Gasteiger partial charge in [-0.2, -0.15) is 0 Å². The Bertz CT molecular complexity index is 895. The highest BCUT2D eigenvalue weighted by atomic mass is 32.1. The van der Waals surface area contributed by atoms with E-state index in [1.807, 2.05) is 42.3 Å². The predicted octanol–water partition coefficient (Wildman–Crippen LogP) is 3.26. The smallest absolute Gasteiger partial charge is 0.346 e. The van der Waals surface area contributed by atoms with E-state index in [-0.39, 0.29) is 4.88 Å². The molecule has 6 nitrogen and oxygen atoms in total. The number of carboxylic acid groups (broad SMARTS) is 1. The Balaban J connectivity index is 1.82. The van der Waals surface area contributed by atoms with Crippen molar-refractivity contribution < 1.29 is 15.0 Å². The lowest BCUT2D eigenvalue weighted by molar-refractivity contribution is 0.0701. The number of aliphatic hydroxyl groups excluding tert-OH is 1. The van der Waals surface area contributed by atoms with Crippen LogP contribution < -0.4 is 4.90 Å². The first-order valence-electron chi connectivity index (χ1n) is 7.90. The lowest BCUT2D eigenvalue weighted by Crippen LogP contribution is -2.22. The fourth-order valence-electron chi connectivity index (χ4n) is 2.81. The summed E-state index contributed by atoms with van der Waals surface area (Å²) in [5.74, 6) is -0.264. The molecule has 1 aromatic carbocycles. The number of carbonyl (C=O) groups is 1. The average molecular weight is 357 g/mol. The number of rotatable bonds is 6. The van der Waals surface area contributed by atoms with E-state index in [1.165, 1.54) is 6.33 Å². The number of hydrogen-bond donors (Lipinski definition) is 2. The molecule has 0 amide bonds. The van der Waals surface area contributed by atoms with Crippen LogP contribution in [0.1, 0.15) is 33.3 Å². The Hall–Kier alpha value is -2.51. The maximum absolute atomic E-state index is 11.4. The third kappa shape index (κ3) is 3.47. The maximum Gasteiger partial charge on any atom is 0.346 e. The Morgan fingerprint density at radius 3 is 2.68 bits per heavy atom. The van der Waals surface area contributed by atoms with Crippen LogP contribution in [0.25, 0.3) is 10.2 Å². The molecule has 1 atom stereocenters. The predicted molar refractivity (Wildman–Crippen MR) is 98.4 cm³/mol. The molecule has 0 saturated carbocycles. The van der Waals surface area contributed by atoms with Gasteiger partial charge in [0.15, 0.2) is 0 Å². The molecular weight excluding hydrogens is 338 g/mol. The first kappa shape index (κ1) is 17.3. The molecule has 3 aromatic rings. The Morgan fingerprint density at radius 1 is 1.28 bits per heavy atom. The molecule has 7 heteroatoms. The second-order valence-corrected chi connectivity index (χ2v) is 6.87. The van der Waals surface area contributed by atoms with Crippen molar-refractivity contribution in [3.8, 4) is 0 Å². The Kier molecular flexibility index (Phi) is 4.96. The van der Waals surface area contributed by atoms with E-state index in [0.717, 1.165) is 22.3 Å². The SMILES string of the molecule is Cc1c(C(=O)O)sc2ncnc(N(C)CC[C@@H](O)c3ccccc3)c12. The highest BCUT2D eigenvalue weighted by molar-refractivity contribution is 7.20. The van der Waals surface area contributed by atoms with Crippen LogP contribution in [0.5, 0.6) is 0 Å². The zero-order valence-electron chi connectivity index (χ0n) is 14.0. The average Bonchev–Trinajstić information content (AvgIpc) is 2.97. The van der Waals surface area contributed by atoms with Crippen LogP contribution in [0, 0.1) is 6.92 Å². The zero-order valence-corrected chi connectivity index (χ0v) is 14.8. The van der Waals surface area contributed by atoms with Gasteiger partial charge in [-0.1, -0.05) is 30.3 Å². The van der Waals surface area contributed by atoms with Gasteiger partial charge in [0, 0.05) is 13.6 Å². The number of aryl methyl sites for hydroxylation is 1. The molecule has 2 aromatic heterocycles. The molecule has 0 aliphatic rings. The normalized spacial score (nSPS) is 12.3. The van der Waals surface area contributed by atoms with Gasteiger partial charge in [-0.25, -0.2) is 14.8 Å². The van der Waals surface area contributed by atoms with E-state index < -0.39 is 12.1 Å². The van der Waals surface area contributed by atoms with Crippen molar-refractivity contribution in [2.24, 2.45) is 0 Å². The fraction of sp³-hybridized carbons (Fsp3) is 0.278. The van der Waals surface area contributed by atoms with Crippen molar-refractivity contribution in [1.29, 1.82) is 0 Å². The Labute approximate surface area is 149 Å². The number of hydrogen-bond acceptors (Lipinski definition) is 6. The molecule has 0 aliphatic heterocycles. The topological polar surface area (TPSA) is 86.5 Å². The molecule has 0 radical (unpaired) electrons. The molecule has 0 fully saturated rings. The lowest BCUT2D eigenvalue weighted by atomic mass is 10.1. The van der Waals surface area contributed by atoms with Gasteiger partial charge in [0.1, 0.15) is 21.9 Å². The summed E-state index contributed by atoms with van der Waals surface area (Å²) in [5.41, 5.74) is 1.56. The minimum Gasteiger partial charge on any atom is -0.477 e. The number of anilines is 1. The van der Waals surface area contributed by atoms with Crippen molar-refractivity contribution in [2.75, 3.05) is 18.5 Å². The van der Waals surface area contributed by atoms with E-state index in [2.05, 4.69) is 9.97 Å². The molecule has 25 heavy (non-hydrogen) atoms. The van der Waals surface area contributed by atoms with Crippen LogP contribution in [-0.2, 0) is 0 Å². The minimum atomic E-state index is -0.950. The van der Waals surface area contributed by atoms with Gasteiger partial charge in [-0.05, 0) is 24.5 Å². The first-order chi connectivity index (χ1) is 12.0. The van der Waals surface area contributed by atoms with E-state index in [0.29, 0.717) is 29.2 Å². The van der Waals surface area contributed by atoms with E-state index in [9.17, 15) is 15.0 Å². The second kappa shape index (κ2) is 7.16. The Morgan fingerprint density at radius 2 is 2.00 bits per heavy atom. The zero-order chi connectivity index (χ0) is 18.0. The molecular formula is C18H19N3O3S. The van der Waals surface area contributed by atoms with Crippen molar-refractivity contribution in [2.45, 2.75) is 19.4 Å². The summed E-state index contributed by atoms with van der Waals surface area (Å²) in [6.07, 6.45) is 1.43. The van der Waals surface area contributed by atoms with Crippen LogP contribution in [0.2, 0.25) is 0 Å². The minimum absolute atomic E-state index is 0.287. The number of fused-ring (bicyclic) bond motifs is 1. The molecule has 3 rings (SSSR count). The van der Waals surface area contributed by atoms with Gasteiger partial charge in [0.25, 0.3) is 0 Å². The number of carboxylic acids is 1. The van der Waals surface area contributed by atoms with E-state index in [1.54, 1.807) is 6.92 Å². The maximum atomic E-state index is 11.4. The number of aliphatic hydroxyl groups is 1. The lowest BCUT2D eigenvalue weighted by Gasteiger charge is -2.21. The van der Waals surface area contributed by atoms with Crippen LogP contribution in [0.3, 0.4) is 0 Å². The number of thiophene rings is 1. The summed E-state index contributed by atoms with van der Waals surface area (Å²) < 4.78 is 0. The largest absolute Gasteiger partial charge is 0.477 e. The molecule has 0 unspecified atom stereocenters. The molecule has 0 aliphatic carbocycles. The summed E-state index contributed by atoms with van der Waals surface area (Å²) in [7, 11) is 1.89. The molecule has 0 spiro atoms. The second-order valence-electron chi connectivity index (χ2n) is 5.88. The van der Waals surface area contributed by atoms with Crippen LogP contribution in [0.4, 0.5) is 5.82 Å². The van der Waals surface area contributed by atoms with Gasteiger partial charge >= 0.3 is 5.97 Å². The van der Waals surface area contributed by atoms with Gasteiger partial charge < -0.3 is 15.1 Å². The number of nitrogens with zero attached hydrogens (tertiary/aromatic N) is 3. The van der Waals surface area contributed by atoms with Crippen LogP contribution >= 0.6 is 11.3 Å². The molecule has 2 N–H and O–H groups in total. The van der Waals surface area contributed by atoms with E-state index >= 15 is 0 Å². The van der Waals surface area contributed by atoms with Crippen LogP contribution in [0.15, 0.2) is 36.7 Å². The van der Waals surface area contributed by atoms with Crippen molar-refractivity contribution in [3.05, 3.63) is 52.7 Å². The van der Waals surface area contributed by atoms with Gasteiger partial charge in [-0.15, -0.1) is 11.3 Å². The standard InChI is InChI=1S/C18H19N3O3S/c1-11-14-16(19-10-20-17(14)25-15(11)18(23)24)21(2)9-8-13(22)12-6-4-3-5-7-12/h3-7,10,13,22H,8-9H2,1-2H3,(H,23,24)/t13-/m1/s1. The fourth-order valence-corrected chi connectivity index (χ4v) is 3.79. The van der Waals surface area contributed by atoms with Gasteiger partial charge in [0.2, 0.25) is 0 Å². The number of aromatic carboxylic acids is 1. The monoisotopic (exact) mass is 357 g/mol. The molecule has 0 saturated heterocycles. The number of benzene rings is 1. The summed E-state index contributed by atoms with van der Waals surface area (Å²) in [6, 6.07) is 9.52. The number of aromatic nitrogens is 2. The molecule has 0 bridgehead atoms. The molecule has 130 valence electrons. The quantitative estimate of drug-likeness (QED) is 0.704. The van der Waals surface area contributed by atoms with Crippen molar-refractivity contribution in [3.63, 3.8) is 0 Å². The van der Waals surface area contributed by atoms with Crippen LogP contribution in [-0.4, -0.2) is 39.7 Å². The first-order valence-corrected chi connectivity index (χ1v) is 8.72. The summed E-state index contributed by atoms with van der Waals surface area (Å²) in [5, 5.41) is 20.4. The third-order valence-electron chi connectivity index (χ3n) is 4.18. The highest BCUT2D eigenvalue weighted by Gasteiger charge is 2.20. The summed E-state index contributed by atoms with van der Waals surface area (Å²) in [6.45, 7) is 2.36. The summed E-state index contributed by atoms with van der Waals surface area (Å²) >= 11 is 1.16. The van der Waals surface area contributed by atoms with Gasteiger partial charge in [-0.3, -0.25) is 0 Å². The van der Waals surface area contributed by atoms with Crippen molar-refractivity contribution in [1.82, 2.24) is 9.97 Å². The highest BCUT2D eigenvalue weighted by Crippen LogP contribution is 2.34.